The lowest BCUT2D eigenvalue weighted by atomic mass is 9.91. The molecular formula is C17H19NO. The average Bonchev–Trinajstić information content (AvgIpc) is 2.85. The van der Waals surface area contributed by atoms with Gasteiger partial charge in [0, 0.05) is 19.1 Å². The number of rotatable bonds is 3. The van der Waals surface area contributed by atoms with Crippen molar-refractivity contribution in [1.29, 1.82) is 0 Å². The smallest absolute Gasteiger partial charge is 0.0503 e. The Morgan fingerprint density at radius 1 is 1.21 bits per heavy atom. The molecule has 0 aromatic heterocycles. The number of methoxy groups -OCH3 is 1. The van der Waals surface area contributed by atoms with Crippen LogP contribution in [0.3, 0.4) is 0 Å². The molecule has 1 aliphatic carbocycles. The van der Waals surface area contributed by atoms with Crippen LogP contribution in [0.5, 0.6) is 0 Å². The SMILES string of the molecule is COC[C@@H]1[C@H]2CNC[C@]21c1ccc2ccccc2c1. The molecule has 0 amide bonds. The number of hydrogen-bond acceptors (Lipinski definition) is 2. The van der Waals surface area contributed by atoms with Gasteiger partial charge >= 0.3 is 0 Å². The van der Waals surface area contributed by atoms with Crippen molar-refractivity contribution in [3.63, 3.8) is 0 Å². The fourth-order valence-corrected chi connectivity index (χ4v) is 4.08. The van der Waals surface area contributed by atoms with Crippen molar-refractivity contribution < 1.29 is 4.74 Å². The quantitative estimate of drug-likeness (QED) is 0.907. The van der Waals surface area contributed by atoms with Crippen LogP contribution in [0.2, 0.25) is 0 Å². The summed E-state index contributed by atoms with van der Waals surface area (Å²) in [5.74, 6) is 1.45. The van der Waals surface area contributed by atoms with E-state index in [0.29, 0.717) is 11.3 Å². The molecule has 98 valence electrons. The first-order valence-electron chi connectivity index (χ1n) is 7.05. The zero-order valence-corrected chi connectivity index (χ0v) is 11.2. The first-order valence-corrected chi connectivity index (χ1v) is 7.05. The van der Waals surface area contributed by atoms with Gasteiger partial charge in [0.1, 0.15) is 0 Å². The normalized spacial score (nSPS) is 32.5. The number of hydrogen-bond donors (Lipinski definition) is 1. The van der Waals surface area contributed by atoms with Crippen LogP contribution in [-0.4, -0.2) is 26.8 Å². The van der Waals surface area contributed by atoms with Gasteiger partial charge in [-0.05, 0) is 34.7 Å². The van der Waals surface area contributed by atoms with Crippen molar-refractivity contribution in [1.82, 2.24) is 5.32 Å². The second-order valence-corrected chi connectivity index (χ2v) is 5.90. The summed E-state index contributed by atoms with van der Waals surface area (Å²) < 4.78 is 5.41. The predicted molar refractivity (Wildman–Crippen MR) is 77.4 cm³/mol. The summed E-state index contributed by atoms with van der Waals surface area (Å²) in [4.78, 5) is 0. The maximum absolute atomic E-state index is 5.41. The molecule has 1 aliphatic heterocycles. The van der Waals surface area contributed by atoms with Gasteiger partial charge in [-0.3, -0.25) is 0 Å². The van der Waals surface area contributed by atoms with E-state index >= 15 is 0 Å². The maximum atomic E-state index is 5.41. The van der Waals surface area contributed by atoms with Gasteiger partial charge in [-0.1, -0.05) is 42.5 Å². The Labute approximate surface area is 113 Å². The third kappa shape index (κ3) is 1.50. The molecule has 2 heteroatoms. The minimum atomic E-state index is 0.333. The topological polar surface area (TPSA) is 21.3 Å². The third-order valence-corrected chi connectivity index (χ3v) is 5.11. The molecule has 1 saturated carbocycles. The Bertz CT molecular complexity index is 623. The van der Waals surface area contributed by atoms with Crippen LogP contribution in [0.4, 0.5) is 0 Å². The molecule has 0 radical (unpaired) electrons. The van der Waals surface area contributed by atoms with Gasteiger partial charge in [0.05, 0.1) is 6.61 Å². The second-order valence-electron chi connectivity index (χ2n) is 5.90. The zero-order valence-electron chi connectivity index (χ0n) is 11.2. The summed E-state index contributed by atoms with van der Waals surface area (Å²) >= 11 is 0. The number of piperidine rings is 1. The Morgan fingerprint density at radius 3 is 2.89 bits per heavy atom. The summed E-state index contributed by atoms with van der Waals surface area (Å²) in [6, 6.07) is 15.6. The molecule has 0 bridgehead atoms. The molecule has 0 unspecified atom stereocenters. The number of nitrogens with one attached hydrogen (secondary N) is 1. The van der Waals surface area contributed by atoms with Gasteiger partial charge in [0.2, 0.25) is 0 Å². The highest BCUT2D eigenvalue weighted by atomic mass is 16.5. The van der Waals surface area contributed by atoms with E-state index in [1.165, 1.54) is 16.3 Å². The highest BCUT2D eigenvalue weighted by Crippen LogP contribution is 2.62. The summed E-state index contributed by atoms with van der Waals surface area (Å²) in [5.41, 5.74) is 1.82. The van der Waals surface area contributed by atoms with Gasteiger partial charge in [-0.15, -0.1) is 0 Å². The molecule has 0 spiro atoms. The minimum absolute atomic E-state index is 0.333. The van der Waals surface area contributed by atoms with Crippen LogP contribution < -0.4 is 5.32 Å². The van der Waals surface area contributed by atoms with Gasteiger partial charge < -0.3 is 10.1 Å². The van der Waals surface area contributed by atoms with Gasteiger partial charge in [-0.25, -0.2) is 0 Å². The van der Waals surface area contributed by atoms with Crippen LogP contribution >= 0.6 is 0 Å². The Balaban J connectivity index is 1.77. The molecule has 1 heterocycles. The van der Waals surface area contributed by atoms with Crippen molar-refractivity contribution in [3.05, 3.63) is 48.0 Å². The summed E-state index contributed by atoms with van der Waals surface area (Å²) in [5, 5.41) is 6.22. The predicted octanol–water partition coefficient (Wildman–Crippen LogP) is 2.57. The molecular weight excluding hydrogens is 234 g/mol. The third-order valence-electron chi connectivity index (χ3n) is 5.11. The number of benzene rings is 2. The highest BCUT2D eigenvalue weighted by molar-refractivity contribution is 5.83. The molecule has 2 aromatic carbocycles. The lowest BCUT2D eigenvalue weighted by Crippen LogP contribution is -2.25. The van der Waals surface area contributed by atoms with Crippen LogP contribution in [0.1, 0.15) is 5.56 Å². The molecule has 1 N–H and O–H groups in total. The molecule has 2 nitrogen and oxygen atoms in total. The van der Waals surface area contributed by atoms with E-state index in [4.69, 9.17) is 4.74 Å². The monoisotopic (exact) mass is 253 g/mol. The largest absolute Gasteiger partial charge is 0.384 e. The Morgan fingerprint density at radius 2 is 2.05 bits per heavy atom. The fourth-order valence-electron chi connectivity index (χ4n) is 4.08. The zero-order chi connectivity index (χ0) is 12.9. The van der Waals surface area contributed by atoms with Crippen molar-refractivity contribution in [3.8, 4) is 0 Å². The summed E-state index contributed by atoms with van der Waals surface area (Å²) in [7, 11) is 1.82. The lowest BCUT2D eigenvalue weighted by Gasteiger charge is -2.16. The van der Waals surface area contributed by atoms with E-state index in [0.717, 1.165) is 25.6 Å². The van der Waals surface area contributed by atoms with E-state index < -0.39 is 0 Å². The molecule has 4 rings (SSSR count). The maximum Gasteiger partial charge on any atom is 0.0503 e. The average molecular weight is 253 g/mol. The van der Waals surface area contributed by atoms with E-state index in [9.17, 15) is 0 Å². The Hall–Kier alpha value is -1.38. The molecule has 19 heavy (non-hydrogen) atoms. The molecule has 3 atom stereocenters. The first-order chi connectivity index (χ1) is 9.36. The fraction of sp³-hybridized carbons (Fsp3) is 0.412. The van der Waals surface area contributed by atoms with Crippen molar-refractivity contribution in [2.75, 3.05) is 26.8 Å². The van der Waals surface area contributed by atoms with Gasteiger partial charge in [-0.2, -0.15) is 0 Å². The molecule has 2 fully saturated rings. The van der Waals surface area contributed by atoms with Crippen LogP contribution in [0.15, 0.2) is 42.5 Å². The summed E-state index contributed by atoms with van der Waals surface area (Å²) in [6.07, 6.45) is 0. The van der Waals surface area contributed by atoms with Crippen LogP contribution in [0.25, 0.3) is 10.8 Å². The second kappa shape index (κ2) is 4.06. The summed E-state index contributed by atoms with van der Waals surface area (Å²) in [6.45, 7) is 3.13. The highest BCUT2D eigenvalue weighted by Gasteiger charge is 2.67. The first kappa shape index (κ1) is 11.4. The van der Waals surface area contributed by atoms with Crippen LogP contribution in [-0.2, 0) is 10.2 Å². The lowest BCUT2D eigenvalue weighted by molar-refractivity contribution is 0.172. The van der Waals surface area contributed by atoms with E-state index in [1.54, 1.807) is 0 Å². The van der Waals surface area contributed by atoms with Crippen molar-refractivity contribution in [2.45, 2.75) is 5.41 Å². The molecule has 1 saturated heterocycles. The van der Waals surface area contributed by atoms with E-state index in [-0.39, 0.29) is 0 Å². The van der Waals surface area contributed by atoms with Crippen LogP contribution in [0, 0.1) is 11.8 Å². The standard InChI is InChI=1S/C17H19NO/c1-19-10-16-15-9-18-11-17(15,16)14-7-6-12-4-2-3-5-13(12)8-14/h2-8,15-16,18H,9-11H2,1H3/t15-,16-,17+/m1/s1. The van der Waals surface area contributed by atoms with Crippen molar-refractivity contribution >= 4 is 10.8 Å². The van der Waals surface area contributed by atoms with Crippen molar-refractivity contribution in [2.24, 2.45) is 11.8 Å². The molecule has 2 aliphatic rings. The van der Waals surface area contributed by atoms with E-state index in [1.807, 2.05) is 7.11 Å². The Kier molecular flexibility index (Phi) is 2.44. The number of ether oxygens (including phenoxy) is 1. The van der Waals surface area contributed by atoms with Gasteiger partial charge in [0.25, 0.3) is 0 Å². The number of fused-ring (bicyclic) bond motifs is 2. The van der Waals surface area contributed by atoms with E-state index in [2.05, 4.69) is 47.8 Å². The molecule has 2 aromatic rings. The van der Waals surface area contributed by atoms with Gasteiger partial charge in [0.15, 0.2) is 0 Å². The minimum Gasteiger partial charge on any atom is -0.384 e.